The Hall–Kier alpha value is -0.500. The van der Waals surface area contributed by atoms with Gasteiger partial charge in [0.15, 0.2) is 0 Å². The first-order valence-electron chi connectivity index (χ1n) is 5.46. The van der Waals surface area contributed by atoms with Crippen LogP contribution in [0.3, 0.4) is 0 Å². The minimum absolute atomic E-state index is 0.421. The molecule has 1 saturated carbocycles. The van der Waals surface area contributed by atoms with E-state index in [1.165, 1.54) is 38.6 Å². The van der Waals surface area contributed by atoms with Crippen molar-refractivity contribution in [3.05, 3.63) is 12.3 Å². The van der Waals surface area contributed by atoms with Crippen molar-refractivity contribution in [2.75, 3.05) is 13.1 Å². The highest BCUT2D eigenvalue weighted by Crippen LogP contribution is 2.25. The van der Waals surface area contributed by atoms with Gasteiger partial charge in [-0.3, -0.25) is 0 Å². The maximum Gasteiger partial charge on any atom is 0.110 e. The molecule has 0 radical (unpaired) electrons. The minimum atomic E-state index is 0.421. The lowest BCUT2D eigenvalue weighted by Crippen LogP contribution is -2.34. The molecule has 1 atom stereocenters. The lowest BCUT2D eigenvalue weighted by molar-refractivity contribution is 0.119. The van der Waals surface area contributed by atoms with Crippen LogP contribution in [0.15, 0.2) is 12.3 Å². The van der Waals surface area contributed by atoms with Gasteiger partial charge in [-0.15, -0.1) is 0 Å². The van der Waals surface area contributed by atoms with Crippen molar-refractivity contribution in [1.29, 1.82) is 0 Å². The van der Waals surface area contributed by atoms with Crippen LogP contribution in [0.4, 0.5) is 0 Å². The van der Waals surface area contributed by atoms with Gasteiger partial charge in [0.25, 0.3) is 0 Å². The van der Waals surface area contributed by atoms with Crippen LogP contribution in [-0.4, -0.2) is 19.2 Å². The highest BCUT2D eigenvalue weighted by molar-refractivity contribution is 4.83. The van der Waals surface area contributed by atoms with Crippen molar-refractivity contribution in [1.82, 2.24) is 5.32 Å². The molecule has 13 heavy (non-hydrogen) atoms. The molecule has 0 aromatic heterocycles. The van der Waals surface area contributed by atoms with Crippen molar-refractivity contribution in [2.45, 2.75) is 38.2 Å². The van der Waals surface area contributed by atoms with Crippen molar-refractivity contribution < 1.29 is 4.74 Å². The normalized spacial score (nSPS) is 28.2. The fourth-order valence-corrected chi connectivity index (χ4v) is 1.88. The van der Waals surface area contributed by atoms with Crippen LogP contribution in [0.25, 0.3) is 0 Å². The molecule has 0 spiro atoms. The van der Waals surface area contributed by atoms with Gasteiger partial charge in [0.05, 0.1) is 6.26 Å². The first-order chi connectivity index (χ1) is 6.45. The van der Waals surface area contributed by atoms with Crippen LogP contribution in [0.1, 0.15) is 32.1 Å². The topological polar surface area (TPSA) is 21.3 Å². The molecule has 0 bridgehead atoms. The van der Waals surface area contributed by atoms with Gasteiger partial charge in [-0.2, -0.15) is 0 Å². The molecule has 2 nitrogen and oxygen atoms in total. The molecule has 0 aromatic rings. The van der Waals surface area contributed by atoms with Crippen molar-refractivity contribution in [3.63, 3.8) is 0 Å². The molecule has 2 rings (SSSR count). The molecule has 1 aliphatic heterocycles. The maximum absolute atomic E-state index is 5.47. The molecule has 1 N–H and O–H groups in total. The van der Waals surface area contributed by atoms with E-state index in [1.807, 2.05) is 6.26 Å². The Morgan fingerprint density at radius 1 is 1.23 bits per heavy atom. The van der Waals surface area contributed by atoms with Crippen LogP contribution in [0.2, 0.25) is 0 Å². The third-order valence-electron chi connectivity index (χ3n) is 3.05. The second kappa shape index (κ2) is 4.66. The fraction of sp³-hybridized carbons (Fsp3) is 0.818. The van der Waals surface area contributed by atoms with E-state index in [-0.39, 0.29) is 0 Å². The van der Waals surface area contributed by atoms with Gasteiger partial charge < -0.3 is 10.1 Å². The predicted octanol–water partition coefficient (Wildman–Crippen LogP) is 2.07. The van der Waals surface area contributed by atoms with Gasteiger partial charge in [-0.1, -0.05) is 6.42 Å². The van der Waals surface area contributed by atoms with Crippen molar-refractivity contribution >= 4 is 0 Å². The molecular weight excluding hydrogens is 162 g/mol. The van der Waals surface area contributed by atoms with Gasteiger partial charge in [-0.25, -0.2) is 0 Å². The minimum Gasteiger partial charge on any atom is -0.497 e. The van der Waals surface area contributed by atoms with E-state index in [0.717, 1.165) is 12.5 Å². The average Bonchev–Trinajstić information content (AvgIpc) is 2.11. The number of hydrogen-bond donors (Lipinski definition) is 1. The molecule has 74 valence electrons. The molecule has 0 saturated heterocycles. The first-order valence-corrected chi connectivity index (χ1v) is 5.46. The Kier molecular flexibility index (Phi) is 3.25. The molecule has 0 aromatic carbocycles. The summed E-state index contributed by atoms with van der Waals surface area (Å²) in [6, 6.07) is 0. The number of ether oxygens (including phenoxy) is 1. The van der Waals surface area contributed by atoms with E-state index in [2.05, 4.69) is 11.4 Å². The smallest absolute Gasteiger partial charge is 0.110 e. The third kappa shape index (κ3) is 2.73. The Labute approximate surface area is 80.4 Å². The zero-order valence-corrected chi connectivity index (χ0v) is 8.17. The number of hydrogen-bond acceptors (Lipinski definition) is 2. The second-order valence-electron chi connectivity index (χ2n) is 4.16. The summed E-state index contributed by atoms with van der Waals surface area (Å²) in [6.45, 7) is 2.23. The monoisotopic (exact) mass is 181 g/mol. The van der Waals surface area contributed by atoms with Gasteiger partial charge in [0, 0.05) is 6.54 Å². The highest BCUT2D eigenvalue weighted by atomic mass is 16.5. The molecule has 1 heterocycles. The summed E-state index contributed by atoms with van der Waals surface area (Å²) in [5.41, 5.74) is 0. The summed E-state index contributed by atoms with van der Waals surface area (Å²) in [5, 5.41) is 3.50. The van der Waals surface area contributed by atoms with Crippen LogP contribution < -0.4 is 5.32 Å². The first kappa shape index (κ1) is 9.07. The van der Waals surface area contributed by atoms with Gasteiger partial charge in [0.1, 0.15) is 6.10 Å². The van der Waals surface area contributed by atoms with Gasteiger partial charge >= 0.3 is 0 Å². The van der Waals surface area contributed by atoms with Crippen molar-refractivity contribution in [2.24, 2.45) is 5.92 Å². The van der Waals surface area contributed by atoms with E-state index in [4.69, 9.17) is 4.74 Å². The quantitative estimate of drug-likeness (QED) is 0.717. The maximum atomic E-state index is 5.47. The molecule has 2 heteroatoms. The second-order valence-corrected chi connectivity index (χ2v) is 4.16. The van der Waals surface area contributed by atoms with E-state index >= 15 is 0 Å². The Bertz CT molecular complexity index is 175. The van der Waals surface area contributed by atoms with E-state index in [1.54, 1.807) is 0 Å². The number of allylic oxidation sites excluding steroid dienone is 1. The Morgan fingerprint density at radius 2 is 2.15 bits per heavy atom. The molecular formula is C11H19NO. The standard InChI is InChI=1S/C11H19NO/c1-2-7-13-11(6-1)9-12-8-10-4-3-5-10/h2,7,10-12H,1,3-6,8-9H2. The van der Waals surface area contributed by atoms with Gasteiger partial charge in [-0.05, 0) is 44.2 Å². The largest absolute Gasteiger partial charge is 0.497 e. The summed E-state index contributed by atoms with van der Waals surface area (Å²) in [6.07, 6.45) is 11.0. The van der Waals surface area contributed by atoms with Crippen molar-refractivity contribution in [3.8, 4) is 0 Å². The SMILES string of the molecule is C1=COC(CNCC2CCC2)CC1. The lowest BCUT2D eigenvalue weighted by Gasteiger charge is -2.27. The molecule has 1 unspecified atom stereocenters. The van der Waals surface area contributed by atoms with E-state index < -0.39 is 0 Å². The number of rotatable bonds is 4. The predicted molar refractivity (Wildman–Crippen MR) is 53.5 cm³/mol. The molecule has 1 aliphatic carbocycles. The summed E-state index contributed by atoms with van der Waals surface area (Å²) >= 11 is 0. The van der Waals surface area contributed by atoms with E-state index in [9.17, 15) is 0 Å². The molecule has 0 amide bonds. The van der Waals surface area contributed by atoms with Crippen LogP contribution >= 0.6 is 0 Å². The van der Waals surface area contributed by atoms with E-state index in [0.29, 0.717) is 6.10 Å². The summed E-state index contributed by atoms with van der Waals surface area (Å²) in [5.74, 6) is 0.958. The van der Waals surface area contributed by atoms with Crippen LogP contribution in [-0.2, 0) is 4.74 Å². The average molecular weight is 181 g/mol. The number of nitrogens with one attached hydrogen (secondary N) is 1. The molecule has 1 fully saturated rings. The van der Waals surface area contributed by atoms with Crippen LogP contribution in [0, 0.1) is 5.92 Å². The molecule has 2 aliphatic rings. The Morgan fingerprint density at radius 3 is 2.77 bits per heavy atom. The lowest BCUT2D eigenvalue weighted by atomic mass is 9.85. The third-order valence-corrected chi connectivity index (χ3v) is 3.05. The zero-order valence-electron chi connectivity index (χ0n) is 8.17. The van der Waals surface area contributed by atoms with Crippen LogP contribution in [0.5, 0.6) is 0 Å². The highest BCUT2D eigenvalue weighted by Gasteiger charge is 2.17. The summed E-state index contributed by atoms with van der Waals surface area (Å²) < 4.78 is 5.47. The van der Waals surface area contributed by atoms with Gasteiger partial charge in [0.2, 0.25) is 0 Å². The zero-order chi connectivity index (χ0) is 8.93. The summed E-state index contributed by atoms with van der Waals surface area (Å²) in [4.78, 5) is 0. The Balaban J connectivity index is 1.53. The summed E-state index contributed by atoms with van der Waals surface area (Å²) in [7, 11) is 0. The fourth-order valence-electron chi connectivity index (χ4n) is 1.88.